The van der Waals surface area contributed by atoms with Crippen molar-refractivity contribution in [2.45, 2.75) is 33.2 Å². The second kappa shape index (κ2) is 10.4. The van der Waals surface area contributed by atoms with Gasteiger partial charge in [0.1, 0.15) is 25.2 Å². The summed E-state index contributed by atoms with van der Waals surface area (Å²) in [6, 6.07) is 23.0. The Hall–Kier alpha value is -3.80. The summed E-state index contributed by atoms with van der Waals surface area (Å²) in [5, 5.41) is 0. The van der Waals surface area contributed by atoms with Crippen LogP contribution in [0.3, 0.4) is 0 Å². The van der Waals surface area contributed by atoms with Gasteiger partial charge < -0.3 is 9.47 Å². The lowest BCUT2D eigenvalue weighted by Crippen LogP contribution is -2.27. The van der Waals surface area contributed by atoms with Crippen molar-refractivity contribution in [2.75, 3.05) is 7.11 Å². The molecule has 0 aliphatic rings. The summed E-state index contributed by atoms with van der Waals surface area (Å²) in [4.78, 5) is 18.2. The van der Waals surface area contributed by atoms with Gasteiger partial charge in [-0.1, -0.05) is 60.9 Å². The first-order chi connectivity index (χ1) is 16.5. The highest BCUT2D eigenvalue weighted by Gasteiger charge is 2.16. The monoisotopic (exact) mass is 450 g/mol. The molecule has 0 amide bonds. The molecule has 1 aromatic heterocycles. The average Bonchev–Trinajstić information content (AvgIpc) is 2.85. The van der Waals surface area contributed by atoms with E-state index in [1.165, 1.54) is 0 Å². The topological polar surface area (TPSA) is 53.4 Å². The number of ether oxygens (including phenoxy) is 2. The molecule has 0 unspecified atom stereocenters. The normalized spacial score (nSPS) is 10.8. The van der Waals surface area contributed by atoms with Crippen molar-refractivity contribution < 1.29 is 9.47 Å². The number of hydrogen-bond acceptors (Lipinski definition) is 4. The van der Waals surface area contributed by atoms with Gasteiger partial charge in [-0.05, 0) is 54.3 Å². The Labute approximate surface area is 201 Å². The fourth-order valence-corrected chi connectivity index (χ4v) is 3.89. The minimum absolute atomic E-state index is 0.192. The molecule has 4 aromatic rings. The summed E-state index contributed by atoms with van der Waals surface area (Å²) in [5.41, 5.74) is 4.15. The fourth-order valence-electron chi connectivity index (χ4n) is 3.89. The molecule has 5 nitrogen and oxygen atoms in total. The van der Waals surface area contributed by atoms with Crippen molar-refractivity contribution >= 4 is 13.3 Å². The number of methoxy groups -OCH3 is 1. The average molecular weight is 450 g/mol. The van der Waals surface area contributed by atoms with Crippen LogP contribution in [-0.2, 0) is 13.0 Å². The Balaban J connectivity index is 1.66. The summed E-state index contributed by atoms with van der Waals surface area (Å²) >= 11 is 0. The zero-order chi connectivity index (χ0) is 24.1. The second-order valence-electron chi connectivity index (χ2n) is 8.15. The zero-order valence-corrected chi connectivity index (χ0v) is 19.7. The van der Waals surface area contributed by atoms with Gasteiger partial charge >= 0.3 is 0 Å². The quantitative estimate of drug-likeness (QED) is 0.362. The van der Waals surface area contributed by atoms with Crippen molar-refractivity contribution in [1.29, 1.82) is 0 Å². The fraction of sp³-hybridized carbons (Fsp3) is 0.214. The van der Waals surface area contributed by atoms with Crippen LogP contribution in [0.5, 0.6) is 17.2 Å². The van der Waals surface area contributed by atoms with Crippen LogP contribution in [0.4, 0.5) is 0 Å². The number of nitrogens with zero attached hydrogens (tertiary/aromatic N) is 2. The van der Waals surface area contributed by atoms with E-state index in [2.05, 4.69) is 6.92 Å². The maximum Gasteiger partial charge on any atom is 0.297 e. The molecule has 0 saturated carbocycles. The number of aromatic nitrogens is 2. The van der Waals surface area contributed by atoms with Gasteiger partial charge in [-0.25, -0.2) is 4.98 Å². The summed E-state index contributed by atoms with van der Waals surface area (Å²) in [7, 11) is 7.73. The van der Waals surface area contributed by atoms with Gasteiger partial charge in [0.25, 0.3) is 5.56 Å². The molecule has 0 bridgehead atoms. The Bertz CT molecular complexity index is 1330. The SMILES string of the molecule is [B]c1ccccc1-c1ccc(Cn2c(CCC)nc(C)c(Oc3ccc(OC)cc3)c2=O)cc1. The maximum absolute atomic E-state index is 13.5. The third kappa shape index (κ3) is 5.06. The zero-order valence-electron chi connectivity index (χ0n) is 19.7. The molecule has 34 heavy (non-hydrogen) atoms. The van der Waals surface area contributed by atoms with Crippen LogP contribution < -0.4 is 20.5 Å². The lowest BCUT2D eigenvalue weighted by molar-refractivity contribution is 0.412. The Morgan fingerprint density at radius 3 is 2.26 bits per heavy atom. The number of hydrogen-bond donors (Lipinski definition) is 0. The molecule has 0 saturated heterocycles. The molecule has 3 aromatic carbocycles. The molecule has 2 radical (unpaired) electrons. The molecular weight excluding hydrogens is 423 g/mol. The third-order valence-corrected chi connectivity index (χ3v) is 5.70. The Morgan fingerprint density at radius 1 is 0.941 bits per heavy atom. The first-order valence-electron chi connectivity index (χ1n) is 11.4. The molecule has 6 heteroatoms. The summed E-state index contributed by atoms with van der Waals surface area (Å²) in [5.74, 6) is 2.27. The molecule has 1 heterocycles. The van der Waals surface area contributed by atoms with E-state index >= 15 is 0 Å². The molecule has 170 valence electrons. The highest BCUT2D eigenvalue weighted by Crippen LogP contribution is 2.24. The van der Waals surface area contributed by atoms with Crippen LogP contribution in [0.1, 0.15) is 30.4 Å². The smallest absolute Gasteiger partial charge is 0.297 e. The van der Waals surface area contributed by atoms with Crippen LogP contribution in [0, 0.1) is 6.92 Å². The Morgan fingerprint density at radius 2 is 1.62 bits per heavy atom. The van der Waals surface area contributed by atoms with E-state index in [-0.39, 0.29) is 11.3 Å². The third-order valence-electron chi connectivity index (χ3n) is 5.70. The standard InChI is InChI=1S/C28H27BN2O3/c1-4-7-26-30-19(2)27(34-23-16-14-22(33-3)15-17-23)28(32)31(26)18-20-10-12-21(13-11-20)24-8-5-6-9-25(24)29/h5-6,8-17H,4,7,18H2,1-3H3. The Kier molecular flexibility index (Phi) is 7.17. The van der Waals surface area contributed by atoms with Crippen LogP contribution in [0.15, 0.2) is 77.6 Å². The van der Waals surface area contributed by atoms with E-state index in [4.69, 9.17) is 22.3 Å². The predicted molar refractivity (Wildman–Crippen MR) is 137 cm³/mol. The van der Waals surface area contributed by atoms with Crippen molar-refractivity contribution in [2.24, 2.45) is 0 Å². The second-order valence-corrected chi connectivity index (χ2v) is 8.15. The largest absolute Gasteiger partial charge is 0.497 e. The molecular formula is C28H27BN2O3. The molecule has 0 aliphatic carbocycles. The summed E-state index contributed by atoms with van der Waals surface area (Å²) in [6.07, 6.45) is 1.59. The van der Waals surface area contributed by atoms with E-state index in [0.29, 0.717) is 24.4 Å². The maximum atomic E-state index is 13.5. The van der Waals surface area contributed by atoms with Crippen molar-refractivity contribution in [3.8, 4) is 28.4 Å². The van der Waals surface area contributed by atoms with Gasteiger partial charge in [-0.15, -0.1) is 0 Å². The molecule has 0 atom stereocenters. The van der Waals surface area contributed by atoms with Gasteiger partial charge in [0, 0.05) is 6.42 Å². The van der Waals surface area contributed by atoms with Crippen LogP contribution in [0.25, 0.3) is 11.1 Å². The number of benzene rings is 3. The minimum Gasteiger partial charge on any atom is -0.497 e. The summed E-state index contributed by atoms with van der Waals surface area (Å²) < 4.78 is 12.9. The van der Waals surface area contributed by atoms with Crippen molar-refractivity contribution in [1.82, 2.24) is 9.55 Å². The number of aryl methyl sites for hydroxylation is 2. The predicted octanol–water partition coefficient (Wildman–Crippen LogP) is 4.81. The van der Waals surface area contributed by atoms with Crippen LogP contribution >= 0.6 is 0 Å². The van der Waals surface area contributed by atoms with E-state index in [0.717, 1.165) is 40.1 Å². The first-order valence-corrected chi connectivity index (χ1v) is 11.4. The van der Waals surface area contributed by atoms with Gasteiger partial charge in [-0.2, -0.15) is 0 Å². The van der Waals surface area contributed by atoms with E-state index in [1.54, 1.807) is 35.9 Å². The van der Waals surface area contributed by atoms with E-state index < -0.39 is 0 Å². The molecule has 0 fully saturated rings. The van der Waals surface area contributed by atoms with Gasteiger partial charge in [0.2, 0.25) is 5.75 Å². The highest BCUT2D eigenvalue weighted by atomic mass is 16.5. The van der Waals surface area contributed by atoms with Crippen LogP contribution in [0.2, 0.25) is 0 Å². The highest BCUT2D eigenvalue weighted by molar-refractivity contribution is 6.35. The number of rotatable bonds is 8. The van der Waals surface area contributed by atoms with Gasteiger partial charge in [0.15, 0.2) is 0 Å². The lowest BCUT2D eigenvalue weighted by Gasteiger charge is -2.16. The van der Waals surface area contributed by atoms with E-state index in [9.17, 15) is 4.79 Å². The lowest BCUT2D eigenvalue weighted by atomic mass is 9.87. The molecule has 0 N–H and O–H groups in total. The molecule has 0 spiro atoms. The van der Waals surface area contributed by atoms with Gasteiger partial charge in [-0.3, -0.25) is 9.36 Å². The first kappa shape index (κ1) is 23.4. The minimum atomic E-state index is -0.192. The summed E-state index contributed by atoms with van der Waals surface area (Å²) in [6.45, 7) is 4.29. The van der Waals surface area contributed by atoms with Crippen LogP contribution in [-0.4, -0.2) is 24.5 Å². The molecule has 4 rings (SSSR count). The van der Waals surface area contributed by atoms with E-state index in [1.807, 2.05) is 55.5 Å². The molecule has 0 aliphatic heterocycles. The van der Waals surface area contributed by atoms with Gasteiger partial charge in [0.05, 0.1) is 19.3 Å². The van der Waals surface area contributed by atoms with Crippen molar-refractivity contribution in [3.05, 3.63) is 100 Å². The van der Waals surface area contributed by atoms with Crippen molar-refractivity contribution in [3.63, 3.8) is 0 Å².